The molecule has 0 bridgehead atoms. The van der Waals surface area contributed by atoms with Crippen LogP contribution in [0.4, 0.5) is 0 Å². The number of rotatable bonds is 2. The van der Waals surface area contributed by atoms with Crippen LogP contribution in [0.1, 0.15) is 17.3 Å². The zero-order chi connectivity index (χ0) is 10.6. The Morgan fingerprint density at radius 2 is 1.71 bits per heavy atom. The van der Waals surface area contributed by atoms with Crippen LogP contribution >= 0.6 is 0 Å². The summed E-state index contributed by atoms with van der Waals surface area (Å²) in [7, 11) is 1.53. The summed E-state index contributed by atoms with van der Waals surface area (Å²) in [5, 5.41) is 0. The zero-order valence-corrected chi connectivity index (χ0v) is 7.94. The largest absolute Gasteiger partial charge is 0.497 e. The van der Waals surface area contributed by atoms with E-state index in [1.54, 1.807) is 12.1 Å². The summed E-state index contributed by atoms with van der Waals surface area (Å²) in [6.07, 6.45) is 0. The van der Waals surface area contributed by atoms with Crippen molar-refractivity contribution in [3.63, 3.8) is 0 Å². The first-order valence-electron chi connectivity index (χ1n) is 4.00. The van der Waals surface area contributed by atoms with Crippen LogP contribution < -0.4 is 4.74 Å². The Hall–Kier alpha value is -1.84. The van der Waals surface area contributed by atoms with Crippen molar-refractivity contribution in [3.8, 4) is 5.75 Å². The van der Waals surface area contributed by atoms with Crippen molar-refractivity contribution in [1.29, 1.82) is 0 Å². The van der Waals surface area contributed by atoms with E-state index in [0.29, 0.717) is 11.3 Å². The van der Waals surface area contributed by atoms with E-state index in [2.05, 4.69) is 4.74 Å². The molecular weight excluding hydrogens is 184 g/mol. The van der Waals surface area contributed by atoms with Gasteiger partial charge in [-0.3, -0.25) is 4.79 Å². The Bertz CT molecular complexity index is 340. The molecule has 0 aromatic heterocycles. The highest BCUT2D eigenvalue weighted by Gasteiger charge is 2.08. The van der Waals surface area contributed by atoms with Gasteiger partial charge >= 0.3 is 11.9 Å². The Balaban J connectivity index is 2.76. The maximum Gasteiger partial charge on any atom is 0.345 e. The van der Waals surface area contributed by atoms with Gasteiger partial charge in [-0.1, -0.05) is 0 Å². The molecule has 0 fully saturated rings. The molecule has 0 spiro atoms. The van der Waals surface area contributed by atoms with Gasteiger partial charge in [-0.2, -0.15) is 0 Å². The van der Waals surface area contributed by atoms with Crippen LogP contribution in [0.3, 0.4) is 0 Å². The van der Waals surface area contributed by atoms with Crippen molar-refractivity contribution in [1.82, 2.24) is 0 Å². The number of ether oxygens (including phenoxy) is 2. The molecule has 14 heavy (non-hydrogen) atoms. The lowest BCUT2D eigenvalue weighted by Gasteiger charge is -2.01. The molecule has 1 aromatic rings. The van der Waals surface area contributed by atoms with Crippen LogP contribution in [0.2, 0.25) is 0 Å². The number of esters is 2. The first kappa shape index (κ1) is 10.2. The Labute approximate surface area is 81.4 Å². The molecule has 4 heteroatoms. The molecule has 1 aromatic carbocycles. The van der Waals surface area contributed by atoms with Crippen molar-refractivity contribution in [2.24, 2.45) is 0 Å². The minimum atomic E-state index is -0.653. The lowest BCUT2D eigenvalue weighted by atomic mass is 10.2. The quantitative estimate of drug-likeness (QED) is 0.527. The average Bonchev–Trinajstić information content (AvgIpc) is 2.17. The van der Waals surface area contributed by atoms with E-state index in [1.165, 1.54) is 26.2 Å². The molecule has 0 aliphatic carbocycles. The van der Waals surface area contributed by atoms with Gasteiger partial charge in [-0.25, -0.2) is 4.79 Å². The third kappa shape index (κ3) is 2.58. The Morgan fingerprint density at radius 3 is 2.14 bits per heavy atom. The van der Waals surface area contributed by atoms with E-state index in [1.807, 2.05) is 0 Å². The fourth-order valence-electron chi connectivity index (χ4n) is 0.917. The molecule has 0 saturated heterocycles. The van der Waals surface area contributed by atoms with Crippen LogP contribution in [-0.4, -0.2) is 19.0 Å². The summed E-state index contributed by atoms with van der Waals surface area (Å²) in [5.41, 5.74) is 0.320. The fourth-order valence-corrected chi connectivity index (χ4v) is 0.917. The van der Waals surface area contributed by atoms with Gasteiger partial charge in [0.05, 0.1) is 12.7 Å². The van der Waals surface area contributed by atoms with Crippen LogP contribution in [0.25, 0.3) is 0 Å². The number of benzene rings is 1. The Kier molecular flexibility index (Phi) is 3.23. The molecule has 0 radical (unpaired) electrons. The second-order valence-electron chi connectivity index (χ2n) is 2.61. The number of methoxy groups -OCH3 is 1. The van der Waals surface area contributed by atoms with E-state index in [0.717, 1.165) is 0 Å². The summed E-state index contributed by atoms with van der Waals surface area (Å²) in [4.78, 5) is 21.7. The number of carbonyl (C=O) groups excluding carboxylic acids is 2. The predicted octanol–water partition coefficient (Wildman–Crippen LogP) is 1.40. The summed E-state index contributed by atoms with van der Waals surface area (Å²) >= 11 is 0. The summed E-state index contributed by atoms with van der Waals surface area (Å²) in [6, 6.07) is 6.31. The first-order valence-corrected chi connectivity index (χ1v) is 4.00. The second-order valence-corrected chi connectivity index (χ2v) is 2.61. The minimum Gasteiger partial charge on any atom is -0.497 e. The van der Waals surface area contributed by atoms with Crippen molar-refractivity contribution in [3.05, 3.63) is 29.8 Å². The monoisotopic (exact) mass is 194 g/mol. The van der Waals surface area contributed by atoms with E-state index >= 15 is 0 Å². The van der Waals surface area contributed by atoms with Gasteiger partial charge < -0.3 is 9.47 Å². The van der Waals surface area contributed by atoms with Crippen molar-refractivity contribution >= 4 is 11.9 Å². The molecule has 0 N–H and O–H groups in total. The zero-order valence-electron chi connectivity index (χ0n) is 7.94. The summed E-state index contributed by atoms with van der Waals surface area (Å²) in [5.74, 6) is -0.629. The van der Waals surface area contributed by atoms with Gasteiger partial charge in [-0.15, -0.1) is 0 Å². The van der Waals surface area contributed by atoms with Gasteiger partial charge in [0.15, 0.2) is 0 Å². The van der Waals surface area contributed by atoms with Crippen LogP contribution in [0.5, 0.6) is 5.75 Å². The predicted molar refractivity (Wildman–Crippen MR) is 49.1 cm³/mol. The maximum atomic E-state index is 11.2. The lowest BCUT2D eigenvalue weighted by Crippen LogP contribution is -2.08. The van der Waals surface area contributed by atoms with Crippen molar-refractivity contribution in [2.75, 3.05) is 7.11 Å². The molecule has 0 aliphatic rings. The maximum absolute atomic E-state index is 11.2. The third-order valence-electron chi connectivity index (χ3n) is 1.56. The van der Waals surface area contributed by atoms with Crippen molar-refractivity contribution in [2.45, 2.75) is 6.92 Å². The molecule has 0 unspecified atom stereocenters. The van der Waals surface area contributed by atoms with Crippen LogP contribution in [-0.2, 0) is 9.53 Å². The number of hydrogen-bond donors (Lipinski definition) is 0. The van der Waals surface area contributed by atoms with Crippen LogP contribution in [0.15, 0.2) is 24.3 Å². The third-order valence-corrected chi connectivity index (χ3v) is 1.56. The molecular formula is C10H10O4. The molecule has 1 rings (SSSR count). The first-order chi connectivity index (χ1) is 6.63. The second kappa shape index (κ2) is 4.41. The number of carbonyl (C=O) groups is 2. The summed E-state index contributed by atoms with van der Waals surface area (Å²) in [6.45, 7) is 1.18. The SMILES string of the molecule is COc1ccc(C(=O)OC(C)=O)cc1. The van der Waals surface area contributed by atoms with E-state index in [4.69, 9.17) is 4.74 Å². The van der Waals surface area contributed by atoms with Gasteiger partial charge in [0, 0.05) is 6.92 Å². The molecule has 0 aliphatic heterocycles. The fraction of sp³-hybridized carbons (Fsp3) is 0.200. The molecule has 4 nitrogen and oxygen atoms in total. The van der Waals surface area contributed by atoms with Crippen LogP contribution in [0, 0.1) is 0 Å². The van der Waals surface area contributed by atoms with E-state index < -0.39 is 11.9 Å². The standard InChI is InChI=1S/C10H10O4/c1-7(11)14-10(12)8-3-5-9(13-2)6-4-8/h3-6H,1-2H3. The average molecular weight is 194 g/mol. The minimum absolute atomic E-state index is 0.320. The molecule has 0 saturated carbocycles. The van der Waals surface area contributed by atoms with Gasteiger partial charge in [0.2, 0.25) is 0 Å². The normalized spacial score (nSPS) is 9.29. The highest BCUT2D eigenvalue weighted by atomic mass is 16.6. The number of hydrogen-bond acceptors (Lipinski definition) is 4. The highest BCUT2D eigenvalue weighted by molar-refractivity contribution is 5.96. The highest BCUT2D eigenvalue weighted by Crippen LogP contribution is 2.11. The Morgan fingerprint density at radius 1 is 1.14 bits per heavy atom. The smallest absolute Gasteiger partial charge is 0.345 e. The lowest BCUT2D eigenvalue weighted by molar-refractivity contribution is -0.135. The molecule has 0 atom stereocenters. The van der Waals surface area contributed by atoms with Gasteiger partial charge in [0.1, 0.15) is 5.75 Å². The van der Waals surface area contributed by atoms with E-state index in [9.17, 15) is 9.59 Å². The van der Waals surface area contributed by atoms with Gasteiger partial charge in [-0.05, 0) is 24.3 Å². The summed E-state index contributed by atoms with van der Waals surface area (Å²) < 4.78 is 9.30. The molecule has 0 amide bonds. The topological polar surface area (TPSA) is 52.6 Å². The molecule has 0 heterocycles. The van der Waals surface area contributed by atoms with E-state index in [-0.39, 0.29) is 0 Å². The molecule has 74 valence electrons. The van der Waals surface area contributed by atoms with Crippen molar-refractivity contribution < 1.29 is 19.1 Å². The van der Waals surface area contributed by atoms with Gasteiger partial charge in [0.25, 0.3) is 0 Å².